The van der Waals surface area contributed by atoms with Crippen molar-refractivity contribution in [1.82, 2.24) is 0 Å². The Morgan fingerprint density at radius 3 is 2.44 bits per heavy atom. The predicted molar refractivity (Wildman–Crippen MR) is 49.9 cm³/mol. The molecule has 9 heavy (non-hydrogen) atoms. The van der Waals surface area contributed by atoms with Crippen molar-refractivity contribution >= 4 is 35.3 Å². The molecule has 0 radical (unpaired) electrons. The predicted octanol–water partition coefficient (Wildman–Crippen LogP) is 2.24. The fourth-order valence-corrected chi connectivity index (χ4v) is 3.17. The van der Waals surface area contributed by atoms with Gasteiger partial charge in [0, 0.05) is 0 Å². The summed E-state index contributed by atoms with van der Waals surface area (Å²) in [5, 5.41) is 0. The molecule has 0 heterocycles. The van der Waals surface area contributed by atoms with Crippen molar-refractivity contribution in [1.29, 1.82) is 0 Å². The lowest BCUT2D eigenvalue weighted by atomic mass is 10.2. The van der Waals surface area contributed by atoms with E-state index in [1.807, 2.05) is 0 Å². The Labute approximate surface area is 75.1 Å². The third kappa shape index (κ3) is 2.86. The van der Waals surface area contributed by atoms with Gasteiger partial charge in [0.2, 0.25) is 0 Å². The van der Waals surface area contributed by atoms with Gasteiger partial charge >= 0.3 is 16.5 Å². The molecule has 1 aromatic carbocycles. The minimum Gasteiger partial charge on any atom is -0.301 e. The minimum absolute atomic E-state index is 0.186. The van der Waals surface area contributed by atoms with Crippen molar-refractivity contribution in [3.63, 3.8) is 0 Å². The maximum Gasteiger partial charge on any atom is 0.468 e. The lowest BCUT2D eigenvalue weighted by Gasteiger charge is -1.92. The first-order valence-corrected chi connectivity index (χ1v) is 9.14. The molecular formula is C7H7IMg. The van der Waals surface area contributed by atoms with E-state index >= 15 is 0 Å². The number of rotatable bonds is 2. The van der Waals surface area contributed by atoms with E-state index in [1.165, 1.54) is 10.1 Å². The SMILES string of the molecule is [I][Mg][CH2]c1ccccc1. The topological polar surface area (TPSA) is 0 Å². The van der Waals surface area contributed by atoms with Gasteiger partial charge in [-0.2, -0.15) is 0 Å². The molecule has 0 unspecified atom stereocenters. The van der Waals surface area contributed by atoms with Gasteiger partial charge in [-0.15, -0.1) is 4.55 Å². The second kappa shape index (κ2) is 4.52. The van der Waals surface area contributed by atoms with Crippen LogP contribution in [-0.4, -0.2) is 16.5 Å². The highest BCUT2D eigenvalue weighted by molar-refractivity contribution is 14.1. The highest BCUT2D eigenvalue weighted by atomic mass is 127. The normalized spacial score (nSPS) is 8.56. The second-order valence-corrected chi connectivity index (χ2v) is 6.04. The Hall–Kier alpha value is 0.716. The summed E-state index contributed by atoms with van der Waals surface area (Å²) in [5.74, 6) is 0. The van der Waals surface area contributed by atoms with Crippen molar-refractivity contribution in [2.75, 3.05) is 0 Å². The summed E-state index contributed by atoms with van der Waals surface area (Å²) in [5.41, 5.74) is 1.50. The third-order valence-corrected chi connectivity index (χ3v) is 3.61. The summed E-state index contributed by atoms with van der Waals surface area (Å²) in [7, 11) is 0. The number of halogens is 1. The zero-order valence-electron chi connectivity index (χ0n) is 5.18. The standard InChI is InChI=1S/C7H7.HI.Mg/c1-7-5-3-2-4-6-7;;/h2-6H,1H2;1H;/q;;+1/p-1. The molecule has 0 aromatic heterocycles. The average molecular weight is 242 g/mol. The maximum atomic E-state index is 2.53. The minimum atomic E-state index is 0.186. The van der Waals surface area contributed by atoms with E-state index in [0.717, 1.165) is 0 Å². The van der Waals surface area contributed by atoms with Crippen molar-refractivity contribution in [3.05, 3.63) is 35.9 Å². The molecule has 0 bridgehead atoms. The molecule has 44 valence electrons. The van der Waals surface area contributed by atoms with Gasteiger partial charge in [0.25, 0.3) is 0 Å². The molecule has 0 saturated carbocycles. The molecular weight excluding hydrogens is 235 g/mol. The van der Waals surface area contributed by atoms with E-state index in [9.17, 15) is 0 Å². The summed E-state index contributed by atoms with van der Waals surface area (Å²) in [6.45, 7) is 0. The molecule has 0 spiro atoms. The van der Waals surface area contributed by atoms with Crippen molar-refractivity contribution in [2.24, 2.45) is 0 Å². The summed E-state index contributed by atoms with van der Waals surface area (Å²) < 4.78 is 1.33. The van der Waals surface area contributed by atoms with Crippen LogP contribution >= 0.6 is 18.9 Å². The van der Waals surface area contributed by atoms with E-state index in [2.05, 4.69) is 49.2 Å². The summed E-state index contributed by atoms with van der Waals surface area (Å²) in [6, 6.07) is 10.7. The zero-order chi connectivity index (χ0) is 6.53. The molecule has 0 saturated heterocycles. The van der Waals surface area contributed by atoms with Crippen LogP contribution in [0, 0.1) is 0 Å². The van der Waals surface area contributed by atoms with Gasteiger partial charge in [0.05, 0.1) is 0 Å². The lowest BCUT2D eigenvalue weighted by molar-refractivity contribution is 1.40. The van der Waals surface area contributed by atoms with Crippen molar-refractivity contribution in [2.45, 2.75) is 4.55 Å². The molecule has 0 nitrogen and oxygen atoms in total. The smallest absolute Gasteiger partial charge is 0.301 e. The van der Waals surface area contributed by atoms with Gasteiger partial charge < -0.3 is 18.9 Å². The molecule has 0 fully saturated rings. The molecule has 0 atom stereocenters. The Kier molecular flexibility index (Phi) is 3.93. The highest BCUT2D eigenvalue weighted by Crippen LogP contribution is 1.99. The average Bonchev–Trinajstić information content (AvgIpc) is 1.91. The van der Waals surface area contributed by atoms with Crippen LogP contribution in [0.3, 0.4) is 0 Å². The maximum absolute atomic E-state index is 2.53. The largest absolute Gasteiger partial charge is 0.468 e. The molecule has 2 heteroatoms. The fraction of sp³-hybridized carbons (Fsp3) is 0.143. The third-order valence-electron chi connectivity index (χ3n) is 1.23. The van der Waals surface area contributed by atoms with Crippen LogP contribution in [0.2, 0.25) is 0 Å². The Balaban J connectivity index is 2.61. The Bertz CT molecular complexity index is 162. The second-order valence-electron chi connectivity index (χ2n) is 1.92. The molecule has 0 aliphatic heterocycles. The first-order valence-electron chi connectivity index (χ1n) is 3.03. The van der Waals surface area contributed by atoms with E-state index in [-0.39, 0.29) is 16.5 Å². The molecule has 0 aliphatic rings. The van der Waals surface area contributed by atoms with Gasteiger partial charge in [-0.1, -0.05) is 35.9 Å². The van der Waals surface area contributed by atoms with Gasteiger partial charge in [-0.05, 0) is 0 Å². The van der Waals surface area contributed by atoms with Crippen LogP contribution < -0.4 is 0 Å². The highest BCUT2D eigenvalue weighted by Gasteiger charge is 1.90. The zero-order valence-corrected chi connectivity index (χ0v) is 8.75. The van der Waals surface area contributed by atoms with Crippen LogP contribution in [0.15, 0.2) is 30.3 Å². The fourth-order valence-electron chi connectivity index (χ4n) is 0.754. The molecule has 0 amide bonds. The van der Waals surface area contributed by atoms with Crippen LogP contribution in [0.4, 0.5) is 0 Å². The van der Waals surface area contributed by atoms with Crippen LogP contribution in [0.5, 0.6) is 0 Å². The summed E-state index contributed by atoms with van der Waals surface area (Å²) in [6.07, 6.45) is 0. The molecule has 1 aromatic rings. The monoisotopic (exact) mass is 242 g/mol. The van der Waals surface area contributed by atoms with E-state index in [1.54, 1.807) is 0 Å². The summed E-state index contributed by atoms with van der Waals surface area (Å²) in [4.78, 5) is 0. The number of benzene rings is 1. The first-order chi connectivity index (χ1) is 4.43. The Morgan fingerprint density at radius 1 is 1.22 bits per heavy atom. The van der Waals surface area contributed by atoms with E-state index < -0.39 is 0 Å². The quantitative estimate of drug-likeness (QED) is 0.551. The first kappa shape index (κ1) is 7.82. The van der Waals surface area contributed by atoms with E-state index in [0.29, 0.717) is 0 Å². The molecule has 0 aliphatic carbocycles. The number of hydrogen-bond donors (Lipinski definition) is 0. The van der Waals surface area contributed by atoms with E-state index in [4.69, 9.17) is 0 Å². The van der Waals surface area contributed by atoms with Crippen LogP contribution in [-0.2, 0) is 4.55 Å². The summed E-state index contributed by atoms with van der Waals surface area (Å²) >= 11 is 2.72. The van der Waals surface area contributed by atoms with Gasteiger partial charge in [0.15, 0.2) is 0 Å². The van der Waals surface area contributed by atoms with Crippen LogP contribution in [0.25, 0.3) is 0 Å². The number of hydrogen-bond acceptors (Lipinski definition) is 0. The van der Waals surface area contributed by atoms with Gasteiger partial charge in [-0.25, -0.2) is 0 Å². The van der Waals surface area contributed by atoms with Crippen molar-refractivity contribution in [3.8, 4) is 0 Å². The van der Waals surface area contributed by atoms with Gasteiger partial charge in [0.1, 0.15) is 0 Å². The lowest BCUT2D eigenvalue weighted by Crippen LogP contribution is -1.85. The Morgan fingerprint density at radius 2 is 1.89 bits per heavy atom. The van der Waals surface area contributed by atoms with Crippen molar-refractivity contribution < 1.29 is 0 Å². The van der Waals surface area contributed by atoms with Gasteiger partial charge in [-0.3, -0.25) is 0 Å². The molecule has 0 N–H and O–H groups in total. The van der Waals surface area contributed by atoms with Crippen LogP contribution in [0.1, 0.15) is 5.56 Å². The molecule has 1 rings (SSSR count).